The van der Waals surface area contributed by atoms with Crippen LogP contribution in [0.5, 0.6) is 0 Å². The highest BCUT2D eigenvalue weighted by Gasteiger charge is 2.43. The van der Waals surface area contributed by atoms with E-state index in [4.69, 9.17) is 14.1 Å². The van der Waals surface area contributed by atoms with Crippen molar-refractivity contribution in [2.24, 2.45) is 5.41 Å². The first-order chi connectivity index (χ1) is 19.1. The third-order valence-corrected chi connectivity index (χ3v) is 9.30. The van der Waals surface area contributed by atoms with Crippen LogP contribution in [-0.2, 0) is 19.7 Å². The largest absolute Gasteiger partial charge is 0.479 e. The number of aromatic nitrogens is 1. The van der Waals surface area contributed by atoms with Crippen molar-refractivity contribution in [1.29, 1.82) is 0 Å². The van der Waals surface area contributed by atoms with E-state index in [0.29, 0.717) is 49.4 Å². The summed E-state index contributed by atoms with van der Waals surface area (Å²) in [6, 6.07) is 3.98. The molecule has 9 nitrogen and oxygen atoms in total. The molecule has 1 saturated carbocycles. The number of nitrogens with zero attached hydrogens (tertiary/aromatic N) is 3. The molecular weight excluding hydrogens is 522 g/mol. The summed E-state index contributed by atoms with van der Waals surface area (Å²) in [6.45, 7) is 16.0. The number of fused-ring (bicyclic) bond motifs is 1. The predicted molar refractivity (Wildman–Crippen MR) is 155 cm³/mol. The van der Waals surface area contributed by atoms with Crippen molar-refractivity contribution >= 4 is 28.9 Å². The van der Waals surface area contributed by atoms with Crippen molar-refractivity contribution in [1.82, 2.24) is 14.8 Å². The van der Waals surface area contributed by atoms with Gasteiger partial charge in [0.2, 0.25) is 0 Å². The third-order valence-electron chi connectivity index (χ3n) is 9.30. The first-order valence-corrected chi connectivity index (χ1v) is 15.0. The first-order valence-electron chi connectivity index (χ1n) is 15.0. The second kappa shape index (κ2) is 10.4. The number of piperazine rings is 1. The van der Waals surface area contributed by atoms with Gasteiger partial charge in [0.25, 0.3) is 11.8 Å². The molecular formula is C32H45N3O6. The summed E-state index contributed by atoms with van der Waals surface area (Å²) >= 11 is 0. The molecule has 224 valence electrons. The van der Waals surface area contributed by atoms with Gasteiger partial charge < -0.3 is 24.1 Å². The molecule has 0 bridgehead atoms. The van der Waals surface area contributed by atoms with Crippen LogP contribution in [0.25, 0.3) is 11.1 Å². The Hall–Kier alpha value is -2.94. The van der Waals surface area contributed by atoms with Gasteiger partial charge in [-0.25, -0.2) is 9.78 Å². The third kappa shape index (κ3) is 5.87. The van der Waals surface area contributed by atoms with E-state index in [-0.39, 0.29) is 23.0 Å². The Morgan fingerprint density at radius 2 is 1.63 bits per heavy atom. The van der Waals surface area contributed by atoms with Gasteiger partial charge in [-0.1, -0.05) is 34.6 Å². The van der Waals surface area contributed by atoms with E-state index < -0.39 is 23.7 Å². The van der Waals surface area contributed by atoms with Crippen molar-refractivity contribution < 1.29 is 28.6 Å². The van der Waals surface area contributed by atoms with Crippen LogP contribution in [0, 0.1) is 5.41 Å². The highest BCUT2D eigenvalue weighted by molar-refractivity contribution is 5.96. The maximum Gasteiger partial charge on any atom is 0.332 e. The van der Waals surface area contributed by atoms with Crippen molar-refractivity contribution in [3.8, 4) is 0 Å². The molecule has 3 fully saturated rings. The Morgan fingerprint density at radius 3 is 2.22 bits per heavy atom. The molecule has 9 heteroatoms. The lowest BCUT2D eigenvalue weighted by Gasteiger charge is -2.47. The van der Waals surface area contributed by atoms with Crippen molar-refractivity contribution in [2.75, 3.05) is 19.6 Å². The number of aliphatic carboxylic acids is 1. The van der Waals surface area contributed by atoms with Crippen LogP contribution in [0.4, 0.5) is 0 Å². The molecule has 2 saturated heterocycles. The maximum absolute atomic E-state index is 13.9. The molecule has 2 aromatic heterocycles. The summed E-state index contributed by atoms with van der Waals surface area (Å²) < 4.78 is 11.8. The fourth-order valence-corrected chi connectivity index (χ4v) is 6.67. The Morgan fingerprint density at radius 1 is 0.976 bits per heavy atom. The number of hydrogen-bond donors (Lipinski definition) is 1. The second-order valence-electron chi connectivity index (χ2n) is 14.7. The molecule has 2 amide bonds. The van der Waals surface area contributed by atoms with Gasteiger partial charge in [0.15, 0.2) is 17.4 Å². The summed E-state index contributed by atoms with van der Waals surface area (Å²) in [7, 11) is 0. The van der Waals surface area contributed by atoms with Crippen LogP contribution in [0.2, 0.25) is 0 Å². The number of carbonyl (C=O) groups excluding carboxylic acids is 2. The fourth-order valence-electron chi connectivity index (χ4n) is 6.67. The lowest BCUT2D eigenvalue weighted by atomic mass is 9.72. The Kier molecular flexibility index (Phi) is 7.50. The lowest BCUT2D eigenvalue weighted by molar-refractivity contribution is -0.156. The Balaban J connectivity index is 1.36. The average Bonchev–Trinajstić information content (AvgIpc) is 3.54. The van der Waals surface area contributed by atoms with Gasteiger partial charge in [-0.3, -0.25) is 9.59 Å². The van der Waals surface area contributed by atoms with Crippen LogP contribution in [0.15, 0.2) is 16.5 Å². The molecule has 4 heterocycles. The standard InChI is InChI=1S/C32H45N3O6/c1-30(2,3)20-16-21(19-10-12-31(4,5)13-11-19)33-22-17-25(41-26(20)22)28(37)35-15-14-34(18-32(35,6)7)27(36)23-8-9-24(40-23)29(38)39/h16-17,19,23-24H,8-15,18H2,1-7H3,(H,38,39). The molecule has 2 aromatic rings. The van der Waals surface area contributed by atoms with Gasteiger partial charge in [-0.15, -0.1) is 0 Å². The van der Waals surface area contributed by atoms with E-state index in [1.807, 2.05) is 13.8 Å². The Bertz CT molecular complexity index is 1340. The number of furan rings is 1. The highest BCUT2D eigenvalue weighted by Crippen LogP contribution is 2.43. The molecule has 2 aliphatic heterocycles. The maximum atomic E-state index is 13.9. The zero-order chi connectivity index (χ0) is 29.9. The van der Waals surface area contributed by atoms with Gasteiger partial charge in [0.1, 0.15) is 11.6 Å². The van der Waals surface area contributed by atoms with Gasteiger partial charge in [0, 0.05) is 42.9 Å². The zero-order valence-corrected chi connectivity index (χ0v) is 25.6. The number of hydrogen-bond acceptors (Lipinski definition) is 6. The molecule has 3 aliphatic rings. The van der Waals surface area contributed by atoms with Crippen LogP contribution in [-0.4, -0.2) is 75.1 Å². The van der Waals surface area contributed by atoms with E-state index in [2.05, 4.69) is 40.7 Å². The van der Waals surface area contributed by atoms with Gasteiger partial charge in [0.05, 0.1) is 5.54 Å². The number of carboxylic acid groups (broad SMARTS) is 1. The first kappa shape index (κ1) is 29.5. The second-order valence-corrected chi connectivity index (χ2v) is 14.7. The molecule has 2 unspecified atom stereocenters. The number of carboxylic acids is 1. The van der Waals surface area contributed by atoms with E-state index >= 15 is 0 Å². The summed E-state index contributed by atoms with van der Waals surface area (Å²) in [5.74, 6) is -0.807. The summed E-state index contributed by atoms with van der Waals surface area (Å²) in [4.78, 5) is 46.7. The zero-order valence-electron chi connectivity index (χ0n) is 25.6. The minimum absolute atomic E-state index is 0.185. The molecule has 0 aromatic carbocycles. The molecule has 1 N–H and O–H groups in total. The monoisotopic (exact) mass is 567 g/mol. The molecule has 0 spiro atoms. The lowest BCUT2D eigenvalue weighted by Crippen LogP contribution is -2.63. The number of carbonyl (C=O) groups is 3. The van der Waals surface area contributed by atoms with E-state index in [1.54, 1.807) is 15.9 Å². The molecule has 0 radical (unpaired) electrons. The minimum atomic E-state index is -1.04. The van der Waals surface area contributed by atoms with Crippen LogP contribution >= 0.6 is 0 Å². The Labute approximate surface area is 242 Å². The van der Waals surface area contributed by atoms with Crippen molar-refractivity contribution in [2.45, 2.75) is 116 Å². The average molecular weight is 568 g/mol. The SMILES string of the molecule is CC1(C)CCC(c2cc(C(C)(C)C)c3oc(C(=O)N4CCN(C(=O)C5CCC(C(=O)O)O5)CC4(C)C)cc3n2)CC1. The summed E-state index contributed by atoms with van der Waals surface area (Å²) in [5.41, 5.74) is 3.06. The fraction of sp³-hybridized carbons (Fsp3) is 0.688. The van der Waals surface area contributed by atoms with Crippen molar-refractivity contribution in [3.05, 3.63) is 29.2 Å². The van der Waals surface area contributed by atoms with Crippen LogP contribution in [0.3, 0.4) is 0 Å². The van der Waals surface area contributed by atoms with E-state index in [1.165, 1.54) is 12.8 Å². The minimum Gasteiger partial charge on any atom is -0.479 e. The number of ether oxygens (including phenoxy) is 1. The van der Waals surface area contributed by atoms with Gasteiger partial charge in [-0.05, 0) is 69.3 Å². The van der Waals surface area contributed by atoms with E-state index in [9.17, 15) is 19.5 Å². The van der Waals surface area contributed by atoms with Crippen LogP contribution in [0.1, 0.15) is 115 Å². The van der Waals surface area contributed by atoms with Crippen LogP contribution < -0.4 is 0 Å². The van der Waals surface area contributed by atoms with Crippen molar-refractivity contribution in [3.63, 3.8) is 0 Å². The highest BCUT2D eigenvalue weighted by atomic mass is 16.5. The topological polar surface area (TPSA) is 113 Å². The molecule has 41 heavy (non-hydrogen) atoms. The summed E-state index contributed by atoms with van der Waals surface area (Å²) in [6.07, 6.45) is 3.59. The molecule has 1 aliphatic carbocycles. The predicted octanol–water partition coefficient (Wildman–Crippen LogP) is 5.50. The number of rotatable bonds is 4. The van der Waals surface area contributed by atoms with E-state index in [0.717, 1.165) is 29.6 Å². The molecule has 5 rings (SSSR count). The normalized spacial score (nSPS) is 25.0. The summed E-state index contributed by atoms with van der Waals surface area (Å²) in [5, 5.41) is 9.22. The van der Waals surface area contributed by atoms with Gasteiger partial charge >= 0.3 is 5.97 Å². The smallest absolute Gasteiger partial charge is 0.332 e. The quantitative estimate of drug-likeness (QED) is 0.519. The van der Waals surface area contributed by atoms with Gasteiger partial charge in [-0.2, -0.15) is 0 Å². The number of amides is 2. The number of pyridine rings is 1. The molecule has 2 atom stereocenters.